The molecule has 0 aliphatic carbocycles. The normalized spacial score (nSPS) is 10.9. The molecule has 0 fully saturated rings. The minimum absolute atomic E-state index is 0.569. The molecule has 0 aliphatic heterocycles. The molecule has 0 atom stereocenters. The average Bonchev–Trinajstić information content (AvgIpc) is 2.73. The Morgan fingerprint density at radius 2 is 1.07 bits per heavy atom. The lowest BCUT2D eigenvalue weighted by molar-refractivity contribution is 1.20. The molecule has 4 rings (SSSR count). The summed E-state index contributed by atoms with van der Waals surface area (Å²) in [7, 11) is -0.569. The third-order valence-corrected chi connectivity index (χ3v) is 7.32. The van der Waals surface area contributed by atoms with Crippen LogP contribution in [-0.4, -0.2) is 0 Å². The van der Waals surface area contributed by atoms with Crippen LogP contribution in [0.5, 0.6) is 0 Å². The lowest BCUT2D eigenvalue weighted by atomic mass is 10.0. The number of benzene rings is 4. The maximum atomic E-state index is 2.31. The smallest absolute Gasteiger partial charge is 0.00192 e. The van der Waals surface area contributed by atoms with Crippen molar-refractivity contribution < 1.29 is 0 Å². The number of aryl methyl sites for hydroxylation is 1. The van der Waals surface area contributed by atoms with Gasteiger partial charge in [-0.1, -0.05) is 115 Å². The van der Waals surface area contributed by atoms with Crippen molar-refractivity contribution in [1.82, 2.24) is 0 Å². The molecule has 4 aromatic rings. The van der Waals surface area contributed by atoms with Crippen molar-refractivity contribution in [2.75, 3.05) is 0 Å². The summed E-state index contributed by atoms with van der Waals surface area (Å²) in [5.41, 5.74) is 4.09. The van der Waals surface area contributed by atoms with Crippen molar-refractivity contribution in [2.24, 2.45) is 0 Å². The van der Waals surface area contributed by atoms with Gasteiger partial charge in [0.05, 0.1) is 0 Å². The Hall–Kier alpha value is -2.69. The maximum absolute atomic E-state index is 2.31. The SMILES string of the molecule is Cc1ccc(Cc2ccccc2P(c2ccccc2)c2ccccc2)cc1. The first-order chi connectivity index (χ1) is 13.3. The maximum Gasteiger partial charge on any atom is -0.00192 e. The minimum Gasteiger partial charge on any atom is -0.0622 e. The molecule has 4 aromatic carbocycles. The molecule has 132 valence electrons. The van der Waals surface area contributed by atoms with Gasteiger partial charge in [-0.15, -0.1) is 0 Å². The zero-order valence-electron chi connectivity index (χ0n) is 15.5. The molecule has 1 heteroatoms. The Kier molecular flexibility index (Phi) is 5.47. The lowest BCUT2D eigenvalue weighted by Gasteiger charge is -2.22. The van der Waals surface area contributed by atoms with Gasteiger partial charge in [0.15, 0.2) is 0 Å². The van der Waals surface area contributed by atoms with E-state index < -0.39 is 7.92 Å². The summed E-state index contributed by atoms with van der Waals surface area (Å²) < 4.78 is 0. The highest BCUT2D eigenvalue weighted by molar-refractivity contribution is 7.79. The van der Waals surface area contributed by atoms with Crippen LogP contribution in [0, 0.1) is 6.92 Å². The van der Waals surface area contributed by atoms with Crippen molar-refractivity contribution in [2.45, 2.75) is 13.3 Å². The Labute approximate surface area is 163 Å². The van der Waals surface area contributed by atoms with Crippen LogP contribution in [0.1, 0.15) is 16.7 Å². The van der Waals surface area contributed by atoms with E-state index in [1.807, 2.05) is 0 Å². The largest absolute Gasteiger partial charge is 0.0622 e. The Bertz CT molecular complexity index is 950. The van der Waals surface area contributed by atoms with Gasteiger partial charge in [0.2, 0.25) is 0 Å². The van der Waals surface area contributed by atoms with Gasteiger partial charge in [-0.05, 0) is 48.3 Å². The van der Waals surface area contributed by atoms with Gasteiger partial charge in [-0.3, -0.25) is 0 Å². The minimum atomic E-state index is -0.569. The lowest BCUT2D eigenvalue weighted by Crippen LogP contribution is -2.23. The molecular formula is C26H23P. The molecule has 0 aliphatic rings. The van der Waals surface area contributed by atoms with Crippen LogP contribution in [0.4, 0.5) is 0 Å². The molecule has 0 amide bonds. The van der Waals surface area contributed by atoms with E-state index in [2.05, 4.69) is 116 Å². The number of rotatable bonds is 5. The summed E-state index contributed by atoms with van der Waals surface area (Å²) >= 11 is 0. The highest BCUT2D eigenvalue weighted by Gasteiger charge is 2.19. The van der Waals surface area contributed by atoms with Crippen molar-refractivity contribution in [1.29, 1.82) is 0 Å². The van der Waals surface area contributed by atoms with Gasteiger partial charge in [0, 0.05) is 0 Å². The molecule has 0 bridgehead atoms. The summed E-state index contributed by atoms with van der Waals surface area (Å²) in [6.07, 6.45) is 0.967. The van der Waals surface area contributed by atoms with Gasteiger partial charge < -0.3 is 0 Å². The van der Waals surface area contributed by atoms with Crippen LogP contribution >= 0.6 is 7.92 Å². The third kappa shape index (κ3) is 4.18. The molecule has 0 heterocycles. The predicted molar refractivity (Wildman–Crippen MR) is 119 cm³/mol. The van der Waals surface area contributed by atoms with E-state index in [4.69, 9.17) is 0 Å². The third-order valence-electron chi connectivity index (χ3n) is 4.78. The fraction of sp³-hybridized carbons (Fsp3) is 0.0769. The molecule has 0 nitrogen and oxygen atoms in total. The summed E-state index contributed by atoms with van der Waals surface area (Å²) in [6.45, 7) is 2.14. The van der Waals surface area contributed by atoms with E-state index in [1.54, 1.807) is 0 Å². The van der Waals surface area contributed by atoms with Crippen LogP contribution < -0.4 is 15.9 Å². The van der Waals surface area contributed by atoms with Crippen LogP contribution in [0.15, 0.2) is 109 Å². The first kappa shape index (κ1) is 17.7. The highest BCUT2D eigenvalue weighted by Crippen LogP contribution is 2.34. The first-order valence-electron chi connectivity index (χ1n) is 9.35. The van der Waals surface area contributed by atoms with Gasteiger partial charge >= 0.3 is 0 Å². The quantitative estimate of drug-likeness (QED) is 0.418. The standard InChI is InChI=1S/C26H23P/c1-21-16-18-22(19-17-21)20-23-10-8-9-15-26(23)27(24-11-4-2-5-12-24)25-13-6-3-7-14-25/h2-19H,20H2,1H3. The average molecular weight is 366 g/mol. The van der Waals surface area contributed by atoms with Gasteiger partial charge in [-0.25, -0.2) is 0 Å². The number of hydrogen-bond acceptors (Lipinski definition) is 0. The van der Waals surface area contributed by atoms with Crippen molar-refractivity contribution in [3.8, 4) is 0 Å². The Morgan fingerprint density at radius 1 is 0.556 bits per heavy atom. The van der Waals surface area contributed by atoms with Crippen molar-refractivity contribution in [3.63, 3.8) is 0 Å². The fourth-order valence-corrected chi connectivity index (χ4v) is 5.86. The molecule has 0 spiro atoms. The van der Waals surface area contributed by atoms with E-state index in [-0.39, 0.29) is 0 Å². The van der Waals surface area contributed by atoms with Crippen LogP contribution in [0.25, 0.3) is 0 Å². The second kappa shape index (κ2) is 8.33. The van der Waals surface area contributed by atoms with Crippen LogP contribution in [-0.2, 0) is 6.42 Å². The second-order valence-electron chi connectivity index (χ2n) is 6.80. The number of hydrogen-bond donors (Lipinski definition) is 0. The summed E-state index contributed by atoms with van der Waals surface area (Å²) in [4.78, 5) is 0. The second-order valence-corrected chi connectivity index (χ2v) is 8.98. The van der Waals surface area contributed by atoms with Crippen molar-refractivity contribution >= 4 is 23.8 Å². The monoisotopic (exact) mass is 366 g/mol. The summed E-state index contributed by atoms with van der Waals surface area (Å²) in [5.74, 6) is 0. The van der Waals surface area contributed by atoms with E-state index in [1.165, 1.54) is 32.6 Å². The molecular weight excluding hydrogens is 343 g/mol. The van der Waals surface area contributed by atoms with E-state index in [0.29, 0.717) is 0 Å². The Balaban J connectivity index is 1.80. The summed E-state index contributed by atoms with van der Waals surface area (Å²) in [5, 5.41) is 4.25. The first-order valence-corrected chi connectivity index (χ1v) is 10.7. The molecule has 0 radical (unpaired) electrons. The molecule has 27 heavy (non-hydrogen) atoms. The predicted octanol–water partition coefficient (Wildman–Crippen LogP) is 5.34. The summed E-state index contributed by atoms with van der Waals surface area (Å²) in [6, 6.07) is 39.7. The molecule has 0 saturated carbocycles. The molecule has 0 saturated heterocycles. The topological polar surface area (TPSA) is 0 Å². The van der Waals surface area contributed by atoms with E-state index in [0.717, 1.165) is 6.42 Å². The van der Waals surface area contributed by atoms with Crippen molar-refractivity contribution in [3.05, 3.63) is 126 Å². The molecule has 0 aromatic heterocycles. The van der Waals surface area contributed by atoms with Gasteiger partial charge in [-0.2, -0.15) is 0 Å². The van der Waals surface area contributed by atoms with Gasteiger partial charge in [0.25, 0.3) is 0 Å². The highest BCUT2D eigenvalue weighted by atomic mass is 31.1. The van der Waals surface area contributed by atoms with E-state index in [9.17, 15) is 0 Å². The molecule has 0 N–H and O–H groups in total. The van der Waals surface area contributed by atoms with E-state index >= 15 is 0 Å². The molecule has 0 unspecified atom stereocenters. The zero-order valence-corrected chi connectivity index (χ0v) is 16.4. The zero-order chi connectivity index (χ0) is 18.5. The van der Waals surface area contributed by atoms with Crippen LogP contribution in [0.3, 0.4) is 0 Å². The Morgan fingerprint density at radius 3 is 1.67 bits per heavy atom. The van der Waals surface area contributed by atoms with Gasteiger partial charge in [0.1, 0.15) is 0 Å². The van der Waals surface area contributed by atoms with Crippen LogP contribution in [0.2, 0.25) is 0 Å². The fourth-order valence-electron chi connectivity index (χ4n) is 3.39.